The van der Waals surface area contributed by atoms with Gasteiger partial charge in [0.1, 0.15) is 5.82 Å². The van der Waals surface area contributed by atoms with Gasteiger partial charge in [-0.2, -0.15) is 0 Å². The fourth-order valence-electron chi connectivity index (χ4n) is 2.10. The molecule has 0 aromatic carbocycles. The first-order chi connectivity index (χ1) is 7.17. The second-order valence-corrected chi connectivity index (χ2v) is 4.35. The van der Waals surface area contributed by atoms with E-state index in [0.717, 1.165) is 38.4 Å². The number of hydrogen-bond donors (Lipinski definition) is 1. The number of hydrogen-bond acceptors (Lipinski definition) is 3. The van der Waals surface area contributed by atoms with Crippen LogP contribution in [-0.2, 0) is 13.1 Å². The third-order valence-corrected chi connectivity index (χ3v) is 3.20. The first-order valence-corrected chi connectivity index (χ1v) is 5.61. The maximum atomic E-state index is 9.88. The van der Waals surface area contributed by atoms with Crippen LogP contribution >= 0.6 is 0 Å². The summed E-state index contributed by atoms with van der Waals surface area (Å²) >= 11 is 0. The molecule has 15 heavy (non-hydrogen) atoms. The van der Waals surface area contributed by atoms with Crippen molar-refractivity contribution in [2.75, 3.05) is 13.1 Å². The number of aromatic nitrogens is 2. The van der Waals surface area contributed by atoms with E-state index in [-0.39, 0.29) is 0 Å². The van der Waals surface area contributed by atoms with Gasteiger partial charge in [0.2, 0.25) is 0 Å². The summed E-state index contributed by atoms with van der Waals surface area (Å²) in [4.78, 5) is 6.56. The van der Waals surface area contributed by atoms with Crippen LogP contribution < -0.4 is 0 Å². The number of likely N-dealkylation sites (tertiary alicyclic amines) is 1. The molecule has 1 aromatic heterocycles. The first kappa shape index (κ1) is 10.6. The molecule has 0 spiro atoms. The molecule has 0 saturated carbocycles. The summed E-state index contributed by atoms with van der Waals surface area (Å²) in [5.41, 5.74) is -0.441. The molecule has 0 amide bonds. The predicted octanol–water partition coefficient (Wildman–Crippen LogP) is 0.860. The molecule has 0 aliphatic carbocycles. The number of aryl methyl sites for hydroxylation is 1. The summed E-state index contributed by atoms with van der Waals surface area (Å²) < 4.78 is 2.14. The van der Waals surface area contributed by atoms with Crippen LogP contribution in [0.4, 0.5) is 0 Å². The molecule has 1 aliphatic heterocycles. The Morgan fingerprint density at radius 3 is 2.80 bits per heavy atom. The summed E-state index contributed by atoms with van der Waals surface area (Å²) in [7, 11) is 0. The highest BCUT2D eigenvalue weighted by Gasteiger charge is 2.39. The van der Waals surface area contributed by atoms with Crippen molar-refractivity contribution in [1.82, 2.24) is 14.5 Å². The van der Waals surface area contributed by atoms with E-state index < -0.39 is 5.60 Å². The Labute approximate surface area is 90.5 Å². The van der Waals surface area contributed by atoms with E-state index in [9.17, 15) is 5.11 Å². The molecular formula is C11H19N3O. The molecule has 1 N–H and O–H groups in total. The highest BCUT2D eigenvalue weighted by atomic mass is 16.3. The van der Waals surface area contributed by atoms with E-state index >= 15 is 0 Å². The van der Waals surface area contributed by atoms with Crippen LogP contribution in [0.25, 0.3) is 0 Å². The third-order valence-electron chi connectivity index (χ3n) is 3.20. The Morgan fingerprint density at radius 1 is 1.47 bits per heavy atom. The molecule has 2 rings (SSSR count). The summed E-state index contributed by atoms with van der Waals surface area (Å²) in [5.74, 6) is 1.09. The van der Waals surface area contributed by atoms with E-state index in [1.165, 1.54) is 0 Å². The Balaban J connectivity index is 1.90. The predicted molar refractivity (Wildman–Crippen MR) is 58.4 cm³/mol. The monoisotopic (exact) mass is 209 g/mol. The van der Waals surface area contributed by atoms with Crippen molar-refractivity contribution in [2.45, 2.75) is 39.0 Å². The topological polar surface area (TPSA) is 41.3 Å². The number of rotatable bonds is 4. The highest BCUT2D eigenvalue weighted by molar-refractivity contribution is 4.99. The molecular weight excluding hydrogens is 190 g/mol. The number of imidazole rings is 1. The van der Waals surface area contributed by atoms with Gasteiger partial charge >= 0.3 is 0 Å². The van der Waals surface area contributed by atoms with E-state index in [2.05, 4.69) is 21.4 Å². The zero-order valence-electron chi connectivity index (χ0n) is 9.48. The van der Waals surface area contributed by atoms with E-state index in [4.69, 9.17) is 0 Å². The van der Waals surface area contributed by atoms with Crippen LogP contribution in [0.3, 0.4) is 0 Å². The molecule has 1 fully saturated rings. The largest absolute Gasteiger partial charge is 0.387 e. The smallest absolute Gasteiger partial charge is 0.122 e. The minimum Gasteiger partial charge on any atom is -0.387 e. The van der Waals surface area contributed by atoms with E-state index in [0.29, 0.717) is 0 Å². The molecule has 84 valence electrons. The van der Waals surface area contributed by atoms with Crippen molar-refractivity contribution in [3.63, 3.8) is 0 Å². The van der Waals surface area contributed by atoms with Crippen LogP contribution in [0.2, 0.25) is 0 Å². The summed E-state index contributed by atoms with van der Waals surface area (Å²) in [5, 5.41) is 9.88. The summed E-state index contributed by atoms with van der Waals surface area (Å²) in [6.07, 6.45) is 4.68. The van der Waals surface area contributed by atoms with Gasteiger partial charge in [0, 0.05) is 32.0 Å². The Kier molecular flexibility index (Phi) is 2.80. The molecule has 0 atom stereocenters. The molecule has 1 aromatic rings. The van der Waals surface area contributed by atoms with Crippen molar-refractivity contribution < 1.29 is 5.11 Å². The molecule has 0 bridgehead atoms. The first-order valence-electron chi connectivity index (χ1n) is 5.61. The second-order valence-electron chi connectivity index (χ2n) is 4.35. The average molecular weight is 209 g/mol. The SMILES string of the molecule is CCn1ccnc1CN1CC(O)(CC)C1. The quantitative estimate of drug-likeness (QED) is 0.799. The number of nitrogens with zero attached hydrogens (tertiary/aromatic N) is 3. The zero-order chi connectivity index (χ0) is 10.9. The molecule has 4 nitrogen and oxygen atoms in total. The van der Waals surface area contributed by atoms with Gasteiger partial charge in [-0.05, 0) is 13.3 Å². The van der Waals surface area contributed by atoms with Gasteiger partial charge in [-0.25, -0.2) is 4.98 Å². The molecule has 1 aliphatic rings. The molecule has 2 heterocycles. The van der Waals surface area contributed by atoms with Gasteiger partial charge < -0.3 is 9.67 Å². The molecule has 0 radical (unpaired) electrons. The van der Waals surface area contributed by atoms with Gasteiger partial charge in [-0.15, -0.1) is 0 Å². The average Bonchev–Trinajstić information content (AvgIpc) is 2.62. The molecule has 4 heteroatoms. The highest BCUT2D eigenvalue weighted by Crippen LogP contribution is 2.25. The van der Waals surface area contributed by atoms with Crippen LogP contribution in [0.15, 0.2) is 12.4 Å². The lowest BCUT2D eigenvalue weighted by Crippen LogP contribution is -2.60. The summed E-state index contributed by atoms with van der Waals surface area (Å²) in [6.45, 7) is 7.51. The van der Waals surface area contributed by atoms with Gasteiger partial charge in [0.05, 0.1) is 12.1 Å². The van der Waals surface area contributed by atoms with Gasteiger partial charge in [0.25, 0.3) is 0 Å². The third kappa shape index (κ3) is 2.06. The molecule has 0 unspecified atom stereocenters. The molecule has 1 saturated heterocycles. The van der Waals surface area contributed by atoms with Crippen LogP contribution in [0.1, 0.15) is 26.1 Å². The summed E-state index contributed by atoms with van der Waals surface area (Å²) in [6, 6.07) is 0. The maximum absolute atomic E-state index is 9.88. The fourth-order valence-corrected chi connectivity index (χ4v) is 2.10. The minimum atomic E-state index is -0.441. The number of aliphatic hydroxyl groups is 1. The van der Waals surface area contributed by atoms with Crippen molar-refractivity contribution in [2.24, 2.45) is 0 Å². The lowest BCUT2D eigenvalue weighted by Gasteiger charge is -2.46. The number of β-amino-alcohol motifs (C(OH)–C–C–N with tert-alkyl or cyclic N) is 1. The van der Waals surface area contributed by atoms with Crippen LogP contribution in [0, 0.1) is 0 Å². The zero-order valence-corrected chi connectivity index (χ0v) is 9.48. The van der Waals surface area contributed by atoms with Crippen LogP contribution in [0.5, 0.6) is 0 Å². The van der Waals surface area contributed by atoms with Crippen molar-refractivity contribution >= 4 is 0 Å². The Hall–Kier alpha value is -0.870. The van der Waals surface area contributed by atoms with Gasteiger partial charge in [-0.3, -0.25) is 4.90 Å². The lowest BCUT2D eigenvalue weighted by atomic mass is 9.91. The van der Waals surface area contributed by atoms with Gasteiger partial charge in [-0.1, -0.05) is 6.92 Å². The standard InChI is InChI=1S/C11H19N3O/c1-3-11(15)8-13(9-11)7-10-12-5-6-14(10)4-2/h5-6,15H,3-4,7-9H2,1-2H3. The lowest BCUT2D eigenvalue weighted by molar-refractivity contribution is -0.104. The minimum absolute atomic E-state index is 0.441. The van der Waals surface area contributed by atoms with E-state index in [1.807, 2.05) is 19.3 Å². The fraction of sp³-hybridized carbons (Fsp3) is 0.727. The van der Waals surface area contributed by atoms with Gasteiger partial charge in [0.15, 0.2) is 0 Å². The Bertz CT molecular complexity index is 328. The van der Waals surface area contributed by atoms with Crippen molar-refractivity contribution in [1.29, 1.82) is 0 Å². The van der Waals surface area contributed by atoms with Crippen molar-refractivity contribution in [3.8, 4) is 0 Å². The van der Waals surface area contributed by atoms with Crippen molar-refractivity contribution in [3.05, 3.63) is 18.2 Å². The Morgan fingerprint density at radius 2 is 2.20 bits per heavy atom. The van der Waals surface area contributed by atoms with E-state index in [1.54, 1.807) is 0 Å². The second kappa shape index (κ2) is 3.94. The normalized spacial score (nSPS) is 20.2. The maximum Gasteiger partial charge on any atom is 0.122 e. The van der Waals surface area contributed by atoms with Crippen LogP contribution in [-0.4, -0.2) is 38.2 Å².